The van der Waals surface area contributed by atoms with Gasteiger partial charge in [0.25, 0.3) is 10.0 Å². The quantitative estimate of drug-likeness (QED) is 0.0553. The molecule has 0 aliphatic heterocycles. The van der Waals surface area contributed by atoms with Gasteiger partial charge in [0.15, 0.2) is 0 Å². The summed E-state index contributed by atoms with van der Waals surface area (Å²) in [6.45, 7) is 10.7. The fourth-order valence-corrected chi connectivity index (χ4v) is 7.83. The van der Waals surface area contributed by atoms with Gasteiger partial charge in [0.2, 0.25) is 16.1 Å². The number of nitrogens with one attached hydrogen (secondary N) is 2. The molecule has 0 bridgehead atoms. The number of hydrogen-bond acceptors (Lipinski definition) is 15. The number of sulfonamides is 2. The van der Waals surface area contributed by atoms with Crippen molar-refractivity contribution in [3.63, 3.8) is 0 Å². The first-order chi connectivity index (χ1) is 33.8. The fourth-order valence-electron chi connectivity index (χ4n) is 6.09. The molecule has 0 radical (unpaired) electrons. The average molecular weight is 1030 g/mol. The standard InChI is InChI=1S/C26H28N2O7S.C21H19NO6S.C5H9NO/c1-26(2,3)27-25(30)28-36(31,32)23-16-19(24(29)34-5)11-14-22(23)35-21-8-6-7-18(15-21)17-9-12-20(33-4)13-10-17;1-26-17-9-6-14(7-10-17)15-4-3-5-18(12-15)28-19-11-8-16(21(23)27-2)13-20(19)29(22,24)25;1-5(2,3)6-4-7/h6-16H,1-5H3,(H2,27,28,30);3-13H,1-2H3,(H2,22,24,25);1-3H3. The minimum Gasteiger partial charge on any atom is -0.497 e. The van der Waals surface area contributed by atoms with Gasteiger partial charge in [-0.25, -0.2) is 50.9 Å². The number of aliphatic imine (C=N–C) groups is 1. The third-order valence-electron chi connectivity index (χ3n) is 9.39. The highest BCUT2D eigenvalue weighted by molar-refractivity contribution is 7.90. The maximum atomic E-state index is 13.1. The summed E-state index contributed by atoms with van der Waals surface area (Å²) in [5.41, 5.74) is 2.64. The molecule has 4 N–H and O–H groups in total. The summed E-state index contributed by atoms with van der Waals surface area (Å²) in [7, 11) is -3.00. The van der Waals surface area contributed by atoms with Gasteiger partial charge in [-0.05, 0) is 149 Å². The molecule has 72 heavy (non-hydrogen) atoms. The van der Waals surface area contributed by atoms with Gasteiger partial charge in [-0.2, -0.15) is 0 Å². The predicted octanol–water partition coefficient (Wildman–Crippen LogP) is 9.44. The summed E-state index contributed by atoms with van der Waals surface area (Å²) in [5, 5.41) is 7.82. The van der Waals surface area contributed by atoms with Crippen molar-refractivity contribution in [2.45, 2.75) is 62.4 Å². The van der Waals surface area contributed by atoms with Crippen LogP contribution in [0.1, 0.15) is 62.3 Å². The summed E-state index contributed by atoms with van der Waals surface area (Å²) in [6, 6.07) is 35.9. The first kappa shape index (κ1) is 56.6. The number of hydrogen-bond donors (Lipinski definition) is 3. The van der Waals surface area contributed by atoms with Crippen LogP contribution in [0.3, 0.4) is 0 Å². The lowest BCUT2D eigenvalue weighted by Gasteiger charge is -2.21. The number of ether oxygens (including phenoxy) is 6. The Hall–Kier alpha value is -8.03. The van der Waals surface area contributed by atoms with E-state index in [9.17, 15) is 36.0 Å². The van der Waals surface area contributed by atoms with Crippen molar-refractivity contribution >= 4 is 44.1 Å². The van der Waals surface area contributed by atoms with E-state index in [4.69, 9.17) is 28.8 Å². The normalized spacial score (nSPS) is 11.1. The molecule has 0 fully saturated rings. The number of nitrogens with zero attached hydrogens (tertiary/aromatic N) is 1. The monoisotopic (exact) mass is 1020 g/mol. The minimum absolute atomic E-state index is 0.00651. The van der Waals surface area contributed by atoms with Crippen LogP contribution in [-0.2, 0) is 34.3 Å². The van der Waals surface area contributed by atoms with Gasteiger partial charge in [-0.1, -0.05) is 48.5 Å². The van der Waals surface area contributed by atoms with Gasteiger partial charge in [0.1, 0.15) is 44.3 Å². The van der Waals surface area contributed by atoms with Crippen LogP contribution in [0.4, 0.5) is 4.79 Å². The van der Waals surface area contributed by atoms with E-state index in [1.165, 1.54) is 44.6 Å². The molecule has 0 heterocycles. The van der Waals surface area contributed by atoms with E-state index in [-0.39, 0.29) is 33.1 Å². The van der Waals surface area contributed by atoms with Crippen LogP contribution in [0.15, 0.2) is 148 Å². The first-order valence-electron chi connectivity index (χ1n) is 21.6. The van der Waals surface area contributed by atoms with Crippen LogP contribution in [0.25, 0.3) is 22.3 Å². The summed E-state index contributed by atoms with van der Waals surface area (Å²) >= 11 is 0. The second-order valence-corrected chi connectivity index (χ2v) is 20.4. The Morgan fingerprint density at radius 3 is 1.31 bits per heavy atom. The molecule has 6 rings (SSSR count). The molecule has 0 atom stereocenters. The third-order valence-corrected chi connectivity index (χ3v) is 11.7. The zero-order valence-corrected chi connectivity index (χ0v) is 42.9. The fraction of sp³-hybridized carbons (Fsp3) is 0.231. The lowest BCUT2D eigenvalue weighted by atomic mass is 10.1. The maximum Gasteiger partial charge on any atom is 0.337 e. The number of rotatable bonds is 13. The maximum absolute atomic E-state index is 13.1. The van der Waals surface area contributed by atoms with Crippen molar-refractivity contribution in [3.05, 3.63) is 145 Å². The molecule has 2 amide bonds. The number of urea groups is 1. The Morgan fingerprint density at radius 2 is 0.958 bits per heavy atom. The van der Waals surface area contributed by atoms with Gasteiger partial charge >= 0.3 is 18.0 Å². The molecule has 6 aromatic carbocycles. The first-order valence-corrected chi connectivity index (χ1v) is 24.6. The van der Waals surface area contributed by atoms with Crippen LogP contribution in [0.5, 0.6) is 34.5 Å². The summed E-state index contributed by atoms with van der Waals surface area (Å²) in [4.78, 5) is 48.3. The van der Waals surface area contributed by atoms with Gasteiger partial charge in [0.05, 0.1) is 45.1 Å². The lowest BCUT2D eigenvalue weighted by molar-refractivity contribution is 0.0591. The molecule has 0 saturated carbocycles. The van der Waals surface area contributed by atoms with Crippen LogP contribution in [0.2, 0.25) is 0 Å². The van der Waals surface area contributed by atoms with E-state index in [0.717, 1.165) is 45.9 Å². The molecule has 6 aromatic rings. The molecule has 18 nitrogen and oxygen atoms in total. The van der Waals surface area contributed by atoms with E-state index < -0.39 is 48.5 Å². The van der Waals surface area contributed by atoms with Crippen molar-refractivity contribution in [2.24, 2.45) is 10.1 Å². The number of carbonyl (C=O) groups excluding carboxylic acids is 4. The molecule has 0 unspecified atom stereocenters. The molecular weight excluding hydrogens is 969 g/mol. The third kappa shape index (κ3) is 17.1. The highest BCUT2D eigenvalue weighted by Crippen LogP contribution is 2.34. The molecule has 0 spiro atoms. The number of carbonyl (C=O) groups is 3. The Balaban J connectivity index is 0.000000280. The predicted molar refractivity (Wildman–Crippen MR) is 270 cm³/mol. The number of primary sulfonamides is 1. The van der Waals surface area contributed by atoms with E-state index >= 15 is 0 Å². The SMILES string of the molecule is CC(C)(C)N=C=O.COC(=O)c1ccc(Oc2cccc(-c3ccc(OC)cc3)c2)c(S(=O)(=O)NC(=O)NC(C)(C)C)c1.COC(=O)c1ccc(Oc2cccc(-c3ccc(OC)cc3)c2)c(S(N)(=O)=O)c1. The number of nitrogens with two attached hydrogens (primary N) is 1. The summed E-state index contributed by atoms with van der Waals surface area (Å²) in [5.74, 6) is 0.734. The van der Waals surface area contributed by atoms with Gasteiger partial charge < -0.3 is 33.7 Å². The zero-order valence-electron chi connectivity index (χ0n) is 41.3. The van der Waals surface area contributed by atoms with E-state index in [0.29, 0.717) is 11.5 Å². The number of methoxy groups -OCH3 is 4. The molecule has 0 saturated heterocycles. The highest BCUT2D eigenvalue weighted by atomic mass is 32.2. The average Bonchev–Trinajstić information content (AvgIpc) is 3.33. The lowest BCUT2D eigenvalue weighted by Crippen LogP contribution is -2.48. The number of esters is 2. The van der Waals surface area contributed by atoms with E-state index in [1.807, 2.05) is 86.2 Å². The second-order valence-electron chi connectivity index (χ2n) is 17.3. The van der Waals surface area contributed by atoms with Crippen molar-refractivity contribution < 1.29 is 64.4 Å². The Kier molecular flexibility index (Phi) is 19.4. The van der Waals surface area contributed by atoms with E-state index in [1.54, 1.807) is 71.4 Å². The molecule has 0 aromatic heterocycles. The Morgan fingerprint density at radius 1 is 0.542 bits per heavy atom. The van der Waals surface area contributed by atoms with Crippen molar-refractivity contribution in [3.8, 4) is 56.8 Å². The van der Waals surface area contributed by atoms with Crippen LogP contribution >= 0.6 is 0 Å². The van der Waals surface area contributed by atoms with Crippen molar-refractivity contribution in [1.29, 1.82) is 0 Å². The van der Waals surface area contributed by atoms with Crippen LogP contribution < -0.4 is 34.1 Å². The molecule has 380 valence electrons. The smallest absolute Gasteiger partial charge is 0.337 e. The Labute approximate surface area is 419 Å². The summed E-state index contributed by atoms with van der Waals surface area (Å²) in [6.07, 6.45) is 1.48. The number of benzene rings is 6. The molecule has 0 aliphatic carbocycles. The van der Waals surface area contributed by atoms with Crippen molar-refractivity contribution in [1.82, 2.24) is 10.0 Å². The number of isocyanates is 1. The van der Waals surface area contributed by atoms with E-state index in [2.05, 4.69) is 15.0 Å². The van der Waals surface area contributed by atoms with Crippen molar-refractivity contribution in [2.75, 3.05) is 28.4 Å². The topological polar surface area (TPSA) is 254 Å². The largest absolute Gasteiger partial charge is 0.497 e. The van der Waals surface area contributed by atoms with Gasteiger partial charge in [-0.15, -0.1) is 0 Å². The van der Waals surface area contributed by atoms with Crippen LogP contribution in [0, 0.1) is 0 Å². The summed E-state index contributed by atoms with van der Waals surface area (Å²) < 4.78 is 83.6. The highest BCUT2D eigenvalue weighted by Gasteiger charge is 2.27. The minimum atomic E-state index is -4.43. The van der Waals surface area contributed by atoms with Gasteiger partial charge in [-0.3, -0.25) is 0 Å². The number of amides is 2. The zero-order chi connectivity index (χ0) is 53.4. The second kappa shape index (κ2) is 24.7. The van der Waals surface area contributed by atoms with Gasteiger partial charge in [0, 0.05) is 5.54 Å². The molecule has 0 aliphatic rings. The molecule has 20 heteroatoms. The Bertz CT molecular complexity index is 3140. The van der Waals surface area contributed by atoms with Crippen LogP contribution in [-0.4, -0.2) is 80.4 Å². The molecular formula is C52H56N4O14S2.